The van der Waals surface area contributed by atoms with E-state index in [2.05, 4.69) is 0 Å². The third-order valence-corrected chi connectivity index (χ3v) is 2.36. The summed E-state index contributed by atoms with van der Waals surface area (Å²) in [4.78, 5) is 10.5. The van der Waals surface area contributed by atoms with E-state index in [1.807, 2.05) is 18.2 Å². The van der Waals surface area contributed by atoms with Crippen LogP contribution < -0.4 is 0 Å². The molecule has 0 spiro atoms. The van der Waals surface area contributed by atoms with E-state index < -0.39 is 17.7 Å². The summed E-state index contributed by atoms with van der Waals surface area (Å²) in [7, 11) is 0. The minimum atomic E-state index is -1.18. The summed E-state index contributed by atoms with van der Waals surface area (Å²) in [6.45, 7) is 2.98. The molecule has 0 bridgehead atoms. The fourth-order valence-electron chi connectivity index (χ4n) is 1.24. The molecule has 4 nitrogen and oxygen atoms in total. The summed E-state index contributed by atoms with van der Waals surface area (Å²) in [6.07, 6.45) is -0.921. The van der Waals surface area contributed by atoms with E-state index in [0.29, 0.717) is 5.56 Å². The zero-order valence-electron chi connectivity index (χ0n) is 9.38. The molecule has 1 aromatic carbocycles. The Morgan fingerprint density at radius 2 is 2.00 bits per heavy atom. The first-order chi connectivity index (χ1) is 7.43. The summed E-state index contributed by atoms with van der Waals surface area (Å²) in [5.74, 6) is -1.04. The van der Waals surface area contributed by atoms with Gasteiger partial charge in [-0.25, -0.2) is 4.79 Å². The predicted molar refractivity (Wildman–Crippen MR) is 59.1 cm³/mol. The fraction of sp³-hybridized carbons (Fsp3) is 0.417. The number of aliphatic hydroxyl groups is 1. The normalized spacial score (nSPS) is 16.4. The number of carboxylic acids is 1. The lowest BCUT2D eigenvalue weighted by Gasteiger charge is -2.24. The van der Waals surface area contributed by atoms with Crippen molar-refractivity contribution in [3.8, 4) is 0 Å². The highest BCUT2D eigenvalue weighted by Gasteiger charge is 2.25. The Hall–Kier alpha value is -1.39. The van der Waals surface area contributed by atoms with Gasteiger partial charge in [0.25, 0.3) is 0 Å². The molecule has 0 heterocycles. The van der Waals surface area contributed by atoms with E-state index in [4.69, 9.17) is 9.84 Å². The van der Waals surface area contributed by atoms with Crippen LogP contribution in [-0.2, 0) is 15.1 Å². The third kappa shape index (κ3) is 3.32. The number of benzene rings is 1. The molecule has 0 aromatic heterocycles. The van der Waals surface area contributed by atoms with E-state index in [1.54, 1.807) is 19.1 Å². The Morgan fingerprint density at radius 1 is 1.44 bits per heavy atom. The van der Waals surface area contributed by atoms with Gasteiger partial charge >= 0.3 is 5.97 Å². The van der Waals surface area contributed by atoms with Crippen molar-refractivity contribution in [1.29, 1.82) is 0 Å². The monoisotopic (exact) mass is 224 g/mol. The smallest absolute Gasteiger partial charge is 0.332 e. The SMILES string of the molecule is C[C@H](OCC(C)(O)c1ccccc1)C(=O)O. The zero-order chi connectivity index (χ0) is 12.2. The van der Waals surface area contributed by atoms with Crippen LogP contribution in [0.3, 0.4) is 0 Å². The highest BCUT2D eigenvalue weighted by molar-refractivity contribution is 5.71. The molecule has 2 atom stereocenters. The van der Waals surface area contributed by atoms with E-state index in [-0.39, 0.29) is 6.61 Å². The van der Waals surface area contributed by atoms with Gasteiger partial charge in [-0.05, 0) is 19.4 Å². The van der Waals surface area contributed by atoms with Crippen molar-refractivity contribution in [1.82, 2.24) is 0 Å². The van der Waals surface area contributed by atoms with Crippen LogP contribution in [0.4, 0.5) is 0 Å². The second-order valence-corrected chi connectivity index (χ2v) is 3.93. The van der Waals surface area contributed by atoms with Crippen molar-refractivity contribution in [3.05, 3.63) is 35.9 Å². The average molecular weight is 224 g/mol. The lowest BCUT2D eigenvalue weighted by atomic mass is 9.97. The van der Waals surface area contributed by atoms with Gasteiger partial charge in [0.05, 0.1) is 6.61 Å². The molecule has 1 unspecified atom stereocenters. The molecule has 0 saturated carbocycles. The van der Waals surface area contributed by atoms with Crippen molar-refractivity contribution in [2.45, 2.75) is 25.6 Å². The third-order valence-electron chi connectivity index (χ3n) is 2.36. The standard InChI is InChI=1S/C12H16O4/c1-9(11(13)14)16-8-12(2,15)10-6-4-3-5-7-10/h3-7,9,15H,8H2,1-2H3,(H,13,14)/t9-,12?/m0/s1. The molecule has 0 fully saturated rings. The molecule has 0 aliphatic heterocycles. The van der Waals surface area contributed by atoms with Crippen LogP contribution in [-0.4, -0.2) is 28.9 Å². The summed E-state index contributed by atoms with van der Waals surface area (Å²) in [5.41, 5.74) is -0.474. The molecular weight excluding hydrogens is 208 g/mol. The van der Waals surface area contributed by atoms with E-state index in [9.17, 15) is 9.90 Å². The highest BCUT2D eigenvalue weighted by atomic mass is 16.5. The van der Waals surface area contributed by atoms with Gasteiger partial charge in [-0.3, -0.25) is 0 Å². The predicted octanol–water partition coefficient (Wildman–Crippen LogP) is 1.38. The van der Waals surface area contributed by atoms with Gasteiger partial charge in [-0.1, -0.05) is 30.3 Å². The summed E-state index contributed by atoms with van der Waals surface area (Å²) in [6, 6.07) is 9.01. The van der Waals surface area contributed by atoms with Gasteiger partial charge in [0.2, 0.25) is 0 Å². The second-order valence-electron chi connectivity index (χ2n) is 3.93. The van der Waals surface area contributed by atoms with Crippen LogP contribution in [0.25, 0.3) is 0 Å². The molecule has 0 radical (unpaired) electrons. The van der Waals surface area contributed by atoms with Crippen LogP contribution >= 0.6 is 0 Å². The van der Waals surface area contributed by atoms with Crippen molar-refractivity contribution < 1.29 is 19.7 Å². The van der Waals surface area contributed by atoms with Crippen LogP contribution in [0.5, 0.6) is 0 Å². The topological polar surface area (TPSA) is 66.8 Å². The number of hydrogen-bond donors (Lipinski definition) is 2. The molecule has 0 aliphatic rings. The number of hydrogen-bond acceptors (Lipinski definition) is 3. The van der Waals surface area contributed by atoms with Crippen LogP contribution in [0.1, 0.15) is 19.4 Å². The van der Waals surface area contributed by atoms with Crippen LogP contribution in [0.2, 0.25) is 0 Å². The fourth-order valence-corrected chi connectivity index (χ4v) is 1.24. The zero-order valence-corrected chi connectivity index (χ0v) is 9.38. The molecule has 0 saturated heterocycles. The first-order valence-electron chi connectivity index (χ1n) is 5.06. The Kier molecular flexibility index (Phi) is 4.04. The molecule has 4 heteroatoms. The molecule has 2 N–H and O–H groups in total. The minimum Gasteiger partial charge on any atom is -0.479 e. The lowest BCUT2D eigenvalue weighted by Crippen LogP contribution is -2.32. The summed E-state index contributed by atoms with van der Waals surface area (Å²) in [5, 5.41) is 18.7. The Balaban J connectivity index is 2.62. The number of ether oxygens (including phenoxy) is 1. The molecule has 0 aliphatic carbocycles. The van der Waals surface area contributed by atoms with Crippen molar-refractivity contribution in [2.75, 3.05) is 6.61 Å². The van der Waals surface area contributed by atoms with Crippen molar-refractivity contribution in [2.24, 2.45) is 0 Å². The summed E-state index contributed by atoms with van der Waals surface area (Å²) < 4.78 is 5.07. The quantitative estimate of drug-likeness (QED) is 0.793. The maximum Gasteiger partial charge on any atom is 0.332 e. The highest BCUT2D eigenvalue weighted by Crippen LogP contribution is 2.20. The van der Waals surface area contributed by atoms with Crippen LogP contribution in [0.15, 0.2) is 30.3 Å². The van der Waals surface area contributed by atoms with E-state index in [1.165, 1.54) is 6.92 Å². The maximum absolute atomic E-state index is 10.5. The Morgan fingerprint density at radius 3 is 2.50 bits per heavy atom. The minimum absolute atomic E-state index is 0.0511. The largest absolute Gasteiger partial charge is 0.479 e. The average Bonchev–Trinajstić information content (AvgIpc) is 2.27. The molecule has 88 valence electrons. The van der Waals surface area contributed by atoms with Gasteiger partial charge in [-0.2, -0.15) is 0 Å². The van der Waals surface area contributed by atoms with Gasteiger partial charge in [0, 0.05) is 0 Å². The molecule has 1 aromatic rings. The second kappa shape index (κ2) is 5.09. The lowest BCUT2D eigenvalue weighted by molar-refractivity contribution is -0.153. The van der Waals surface area contributed by atoms with Crippen LogP contribution in [0, 0.1) is 0 Å². The van der Waals surface area contributed by atoms with Gasteiger partial charge < -0.3 is 14.9 Å². The maximum atomic E-state index is 10.5. The van der Waals surface area contributed by atoms with Gasteiger partial charge in [-0.15, -0.1) is 0 Å². The number of carbonyl (C=O) groups is 1. The molecule has 1 rings (SSSR count). The van der Waals surface area contributed by atoms with E-state index in [0.717, 1.165) is 0 Å². The molecular formula is C12H16O4. The first-order valence-corrected chi connectivity index (χ1v) is 5.06. The number of rotatable bonds is 5. The van der Waals surface area contributed by atoms with Crippen molar-refractivity contribution in [3.63, 3.8) is 0 Å². The Bertz CT molecular complexity index is 345. The van der Waals surface area contributed by atoms with Gasteiger partial charge in [0.15, 0.2) is 6.10 Å². The number of aliphatic carboxylic acids is 1. The molecule has 0 amide bonds. The Labute approximate surface area is 94.5 Å². The number of carboxylic acid groups (broad SMARTS) is 1. The van der Waals surface area contributed by atoms with E-state index >= 15 is 0 Å². The molecule has 16 heavy (non-hydrogen) atoms. The first kappa shape index (κ1) is 12.7. The van der Waals surface area contributed by atoms with Crippen molar-refractivity contribution >= 4 is 5.97 Å². The van der Waals surface area contributed by atoms with Gasteiger partial charge in [0.1, 0.15) is 5.60 Å². The summed E-state index contributed by atoms with van der Waals surface area (Å²) >= 11 is 0.